The largest absolute Gasteiger partial charge is 0.505 e. The molecular weight excluding hydrogens is 416 g/mol. The van der Waals surface area contributed by atoms with Crippen molar-refractivity contribution in [3.8, 4) is 5.75 Å². The molecule has 4 rings (SSSR count). The van der Waals surface area contributed by atoms with Gasteiger partial charge in [-0.1, -0.05) is 11.2 Å². The van der Waals surface area contributed by atoms with Crippen LogP contribution >= 0.6 is 0 Å². The highest BCUT2D eigenvalue weighted by molar-refractivity contribution is 6.08. The fourth-order valence-corrected chi connectivity index (χ4v) is 3.18. The molecule has 0 atom stereocenters. The summed E-state index contributed by atoms with van der Waals surface area (Å²) in [5.41, 5.74) is -1.24. The van der Waals surface area contributed by atoms with E-state index in [0.717, 1.165) is 5.76 Å². The molecular formula is C22H20N4O6. The lowest BCUT2D eigenvalue weighted by Gasteiger charge is -2.18. The summed E-state index contributed by atoms with van der Waals surface area (Å²) in [4.78, 5) is 38.2. The van der Waals surface area contributed by atoms with Gasteiger partial charge in [0, 0.05) is 13.1 Å². The van der Waals surface area contributed by atoms with Gasteiger partial charge >= 0.3 is 0 Å². The molecule has 0 unspecified atom stereocenters. The topological polar surface area (TPSA) is 138 Å². The van der Waals surface area contributed by atoms with Crippen LogP contribution in [0.4, 0.5) is 22.9 Å². The smallest absolute Gasteiger partial charge is 0.263 e. The van der Waals surface area contributed by atoms with Gasteiger partial charge in [0.15, 0.2) is 11.6 Å². The molecule has 0 aliphatic rings. The number of furan rings is 1. The summed E-state index contributed by atoms with van der Waals surface area (Å²) >= 11 is 0. The summed E-state index contributed by atoms with van der Waals surface area (Å²) < 4.78 is 10.4. The van der Waals surface area contributed by atoms with Crippen molar-refractivity contribution < 1.29 is 18.8 Å². The number of rotatable bonds is 7. The van der Waals surface area contributed by atoms with Crippen molar-refractivity contribution in [2.45, 2.75) is 20.4 Å². The first kappa shape index (κ1) is 20.9. The Kier molecular flexibility index (Phi) is 5.27. The number of aryl methyl sites for hydroxylation is 2. The predicted octanol–water partition coefficient (Wildman–Crippen LogP) is 2.82. The Morgan fingerprint density at radius 3 is 2.50 bits per heavy atom. The number of aromatic nitrogens is 1. The second kappa shape index (κ2) is 8.06. The summed E-state index contributed by atoms with van der Waals surface area (Å²) in [5, 5.41) is 20.1. The first-order valence-electron chi connectivity index (χ1n) is 9.69. The van der Waals surface area contributed by atoms with E-state index >= 15 is 0 Å². The van der Waals surface area contributed by atoms with Gasteiger partial charge < -0.3 is 24.7 Å². The standard InChI is InChI=1S/C22H20N4O6/c1-11-7-8-13(31-11)10-23-17-18(21(29)20(17)28)24-15-6-4-5-14(19(15)27)22(30)26(3)16-9-12(2)32-25-16/h4-9,23-24,27H,10H2,1-3H3. The fourth-order valence-electron chi connectivity index (χ4n) is 3.18. The Bertz CT molecular complexity index is 1380. The second-order valence-corrected chi connectivity index (χ2v) is 7.26. The number of carbonyl (C=O) groups is 1. The predicted molar refractivity (Wildman–Crippen MR) is 117 cm³/mol. The van der Waals surface area contributed by atoms with Crippen LogP contribution in [0.25, 0.3) is 0 Å². The van der Waals surface area contributed by atoms with Crippen LogP contribution in [0, 0.1) is 13.8 Å². The summed E-state index contributed by atoms with van der Waals surface area (Å²) in [6, 6.07) is 9.60. The molecule has 0 radical (unpaired) electrons. The van der Waals surface area contributed by atoms with Gasteiger partial charge in [-0.3, -0.25) is 19.3 Å². The maximum atomic E-state index is 12.8. The van der Waals surface area contributed by atoms with Crippen molar-refractivity contribution in [2.75, 3.05) is 22.6 Å². The molecule has 2 heterocycles. The quantitative estimate of drug-likeness (QED) is 0.295. The lowest BCUT2D eigenvalue weighted by atomic mass is 10.1. The summed E-state index contributed by atoms with van der Waals surface area (Å²) in [7, 11) is 1.49. The van der Waals surface area contributed by atoms with Crippen molar-refractivity contribution >= 4 is 28.8 Å². The normalized spacial score (nSPS) is 11.0. The van der Waals surface area contributed by atoms with Gasteiger partial charge in [-0.15, -0.1) is 0 Å². The molecule has 0 fully saturated rings. The minimum atomic E-state index is -0.727. The summed E-state index contributed by atoms with van der Waals surface area (Å²) in [5.74, 6) is 1.24. The highest BCUT2D eigenvalue weighted by Gasteiger charge is 2.25. The molecule has 0 saturated carbocycles. The first-order chi connectivity index (χ1) is 15.3. The Morgan fingerprint density at radius 2 is 1.84 bits per heavy atom. The maximum Gasteiger partial charge on any atom is 0.263 e. The average molecular weight is 436 g/mol. The van der Waals surface area contributed by atoms with E-state index in [1.54, 1.807) is 38.1 Å². The highest BCUT2D eigenvalue weighted by Crippen LogP contribution is 2.32. The Hall–Kier alpha value is -4.34. The van der Waals surface area contributed by atoms with Gasteiger partial charge in [0.1, 0.15) is 28.7 Å². The molecule has 2 aromatic carbocycles. The maximum absolute atomic E-state index is 12.8. The van der Waals surface area contributed by atoms with E-state index in [2.05, 4.69) is 15.8 Å². The van der Waals surface area contributed by atoms with E-state index in [-0.39, 0.29) is 40.7 Å². The number of para-hydroxylation sites is 1. The monoisotopic (exact) mass is 436 g/mol. The van der Waals surface area contributed by atoms with E-state index in [1.807, 2.05) is 0 Å². The number of anilines is 4. The van der Waals surface area contributed by atoms with Crippen molar-refractivity contribution in [3.05, 3.63) is 79.7 Å². The molecule has 0 saturated heterocycles. The van der Waals surface area contributed by atoms with Gasteiger partial charge in [0.25, 0.3) is 16.8 Å². The zero-order chi connectivity index (χ0) is 23.0. The van der Waals surface area contributed by atoms with E-state index in [1.165, 1.54) is 24.1 Å². The Morgan fingerprint density at radius 1 is 1.09 bits per heavy atom. The molecule has 32 heavy (non-hydrogen) atoms. The summed E-state index contributed by atoms with van der Waals surface area (Å²) in [6.07, 6.45) is 0. The first-order valence-corrected chi connectivity index (χ1v) is 9.69. The minimum absolute atomic E-state index is 0.00124. The van der Waals surface area contributed by atoms with Crippen molar-refractivity contribution in [2.24, 2.45) is 0 Å². The lowest BCUT2D eigenvalue weighted by molar-refractivity contribution is 0.0989. The van der Waals surface area contributed by atoms with Crippen LogP contribution < -0.4 is 26.4 Å². The molecule has 10 heteroatoms. The van der Waals surface area contributed by atoms with E-state index in [0.29, 0.717) is 11.5 Å². The highest BCUT2D eigenvalue weighted by atomic mass is 16.5. The van der Waals surface area contributed by atoms with Gasteiger partial charge in [-0.2, -0.15) is 0 Å². The molecule has 0 bridgehead atoms. The van der Waals surface area contributed by atoms with Crippen LogP contribution in [0.2, 0.25) is 0 Å². The molecule has 3 N–H and O–H groups in total. The lowest BCUT2D eigenvalue weighted by Crippen LogP contribution is -2.36. The fraction of sp³-hybridized carbons (Fsp3) is 0.182. The number of benzene rings is 1. The average Bonchev–Trinajstić information content (AvgIpc) is 3.40. The van der Waals surface area contributed by atoms with Crippen molar-refractivity contribution in [1.82, 2.24) is 5.16 Å². The second-order valence-electron chi connectivity index (χ2n) is 7.26. The van der Waals surface area contributed by atoms with Crippen LogP contribution in [-0.4, -0.2) is 23.2 Å². The molecule has 0 spiro atoms. The van der Waals surface area contributed by atoms with Gasteiger partial charge in [-0.25, -0.2) is 0 Å². The number of hydrogen-bond acceptors (Lipinski definition) is 9. The van der Waals surface area contributed by atoms with Gasteiger partial charge in [-0.05, 0) is 38.1 Å². The van der Waals surface area contributed by atoms with Crippen LogP contribution in [0.1, 0.15) is 27.6 Å². The zero-order valence-corrected chi connectivity index (χ0v) is 17.6. The number of carbonyl (C=O) groups excluding carboxylic acids is 1. The van der Waals surface area contributed by atoms with Gasteiger partial charge in [0.05, 0.1) is 17.8 Å². The summed E-state index contributed by atoms with van der Waals surface area (Å²) in [6.45, 7) is 3.70. The molecule has 164 valence electrons. The molecule has 4 aromatic rings. The Labute approximate surface area is 181 Å². The van der Waals surface area contributed by atoms with Crippen molar-refractivity contribution in [3.63, 3.8) is 0 Å². The molecule has 10 nitrogen and oxygen atoms in total. The minimum Gasteiger partial charge on any atom is -0.505 e. The van der Waals surface area contributed by atoms with Crippen LogP contribution in [-0.2, 0) is 6.54 Å². The molecule has 2 aromatic heterocycles. The van der Waals surface area contributed by atoms with Gasteiger partial charge in [0.2, 0.25) is 0 Å². The third kappa shape index (κ3) is 3.73. The van der Waals surface area contributed by atoms with Crippen LogP contribution in [0.15, 0.2) is 54.9 Å². The molecule has 1 amide bonds. The number of aromatic hydroxyl groups is 1. The van der Waals surface area contributed by atoms with E-state index in [9.17, 15) is 19.5 Å². The molecule has 0 aliphatic carbocycles. The van der Waals surface area contributed by atoms with Crippen LogP contribution in [0.3, 0.4) is 0 Å². The number of hydrogen-bond donors (Lipinski definition) is 3. The SMILES string of the molecule is Cc1cc(N(C)C(=O)c2cccc(Nc3c(NCc4ccc(C)o4)c(=O)c3=O)c2O)no1. The van der Waals surface area contributed by atoms with Crippen molar-refractivity contribution in [1.29, 1.82) is 0 Å². The van der Waals surface area contributed by atoms with E-state index in [4.69, 9.17) is 8.94 Å². The van der Waals surface area contributed by atoms with Crippen LogP contribution in [0.5, 0.6) is 5.75 Å². The number of phenols is 1. The third-order valence-corrected chi connectivity index (χ3v) is 4.94. The Balaban J connectivity index is 1.56. The third-order valence-electron chi connectivity index (χ3n) is 4.94. The zero-order valence-electron chi connectivity index (χ0n) is 17.6. The number of amides is 1. The number of phenolic OH excluding ortho intramolecular Hbond substituents is 1. The number of nitrogens with one attached hydrogen (secondary N) is 2. The van der Waals surface area contributed by atoms with E-state index < -0.39 is 16.8 Å². The molecule has 0 aliphatic heterocycles. The number of nitrogens with zero attached hydrogens (tertiary/aromatic N) is 2.